The maximum atomic E-state index is 14.6. The summed E-state index contributed by atoms with van der Waals surface area (Å²) in [5, 5.41) is 4.07. The molecule has 0 bridgehead atoms. The van der Waals surface area contributed by atoms with Crippen LogP contribution in [0.25, 0.3) is 16.9 Å². The highest BCUT2D eigenvalue weighted by molar-refractivity contribution is 5.98. The smallest absolute Gasteiger partial charge is 0.340 e. The largest absolute Gasteiger partial charge is 0.408 e. The number of anilines is 1. The summed E-state index contributed by atoms with van der Waals surface area (Å²) in [6.07, 6.45) is -3.80. The van der Waals surface area contributed by atoms with Crippen LogP contribution in [0.15, 0.2) is 35.4 Å². The van der Waals surface area contributed by atoms with E-state index in [0.717, 1.165) is 10.8 Å². The van der Waals surface area contributed by atoms with Gasteiger partial charge in [-0.3, -0.25) is 19.1 Å². The lowest BCUT2D eigenvalue weighted by molar-refractivity contribution is -0.153. The fourth-order valence-electron chi connectivity index (χ4n) is 3.59. The van der Waals surface area contributed by atoms with Crippen LogP contribution in [0.2, 0.25) is 0 Å². The minimum Gasteiger partial charge on any atom is -0.340 e. The van der Waals surface area contributed by atoms with Gasteiger partial charge in [-0.15, -0.1) is 0 Å². The normalized spacial score (nSPS) is 14.8. The van der Waals surface area contributed by atoms with E-state index >= 15 is 0 Å². The quantitative estimate of drug-likeness (QED) is 0.528. The molecule has 1 aliphatic rings. The molecule has 0 aromatic carbocycles. The van der Waals surface area contributed by atoms with Crippen LogP contribution < -0.4 is 21.0 Å². The number of nitrogens with one attached hydrogen (secondary N) is 2. The third-order valence-corrected chi connectivity index (χ3v) is 5.34. The molecule has 3 aromatic rings. The van der Waals surface area contributed by atoms with Crippen molar-refractivity contribution in [3.8, 4) is 5.82 Å². The third kappa shape index (κ3) is 4.50. The maximum Gasteiger partial charge on any atom is 0.408 e. The first-order valence-corrected chi connectivity index (χ1v) is 10.3. The Labute approximate surface area is 193 Å². The van der Waals surface area contributed by atoms with Crippen molar-refractivity contribution >= 4 is 28.8 Å². The van der Waals surface area contributed by atoms with Gasteiger partial charge in [0.15, 0.2) is 17.3 Å². The van der Waals surface area contributed by atoms with E-state index in [9.17, 15) is 36.3 Å². The molecule has 0 saturated carbocycles. The fourth-order valence-corrected chi connectivity index (χ4v) is 3.59. The van der Waals surface area contributed by atoms with Crippen molar-refractivity contribution in [3.05, 3.63) is 58.0 Å². The molecule has 0 radical (unpaired) electrons. The fraction of sp³-hybridized carbons (Fsp3) is 0.286. The summed E-state index contributed by atoms with van der Waals surface area (Å²) in [7, 11) is 0. The lowest BCUT2D eigenvalue weighted by Gasteiger charge is -2.20. The molecule has 14 heteroatoms. The van der Waals surface area contributed by atoms with E-state index in [1.54, 1.807) is 5.32 Å². The number of carbonyl (C=O) groups is 2. The molecule has 3 amide bonds. The number of nitrogens with zero attached hydrogens (tertiary/aromatic N) is 4. The van der Waals surface area contributed by atoms with Crippen LogP contribution in [0.5, 0.6) is 0 Å². The first kappa shape index (κ1) is 24.0. The van der Waals surface area contributed by atoms with Gasteiger partial charge in [0.25, 0.3) is 5.91 Å². The number of rotatable bonds is 5. The number of amides is 3. The molecule has 184 valence electrons. The molecule has 1 atom stereocenters. The van der Waals surface area contributed by atoms with Crippen molar-refractivity contribution in [1.82, 2.24) is 25.2 Å². The Morgan fingerprint density at radius 3 is 2.60 bits per heavy atom. The Hall–Kier alpha value is -4.10. The first-order chi connectivity index (χ1) is 16.5. The van der Waals surface area contributed by atoms with Gasteiger partial charge in [0.05, 0.1) is 11.6 Å². The van der Waals surface area contributed by atoms with Crippen molar-refractivity contribution in [2.75, 3.05) is 18.0 Å². The van der Waals surface area contributed by atoms with Crippen LogP contribution in [-0.4, -0.2) is 51.8 Å². The highest BCUT2D eigenvalue weighted by Crippen LogP contribution is 2.24. The molecule has 1 fully saturated rings. The van der Waals surface area contributed by atoms with Crippen LogP contribution in [-0.2, 0) is 0 Å². The Kier molecular flexibility index (Phi) is 6.13. The molecule has 9 nitrogen and oxygen atoms in total. The molecule has 35 heavy (non-hydrogen) atoms. The molecule has 0 unspecified atom stereocenters. The molecule has 3 aromatic heterocycles. The molecular formula is C21H17F5N6O3. The molecule has 4 heterocycles. The van der Waals surface area contributed by atoms with E-state index in [1.807, 2.05) is 0 Å². The average molecular weight is 496 g/mol. The number of aromatic nitrogens is 3. The van der Waals surface area contributed by atoms with Gasteiger partial charge in [0.1, 0.15) is 23.2 Å². The molecule has 4 rings (SSSR count). The summed E-state index contributed by atoms with van der Waals surface area (Å²) in [4.78, 5) is 46.9. The van der Waals surface area contributed by atoms with Crippen LogP contribution in [0.3, 0.4) is 0 Å². The number of fused-ring (bicyclic) bond motifs is 1. The summed E-state index contributed by atoms with van der Waals surface area (Å²) in [5.74, 6) is -4.02. The van der Waals surface area contributed by atoms with Crippen molar-refractivity contribution in [1.29, 1.82) is 0 Å². The topological polar surface area (TPSA) is 109 Å². The van der Waals surface area contributed by atoms with Crippen molar-refractivity contribution in [2.45, 2.75) is 25.6 Å². The van der Waals surface area contributed by atoms with E-state index in [-0.39, 0.29) is 23.4 Å². The summed E-state index contributed by atoms with van der Waals surface area (Å²) < 4.78 is 68.4. The van der Waals surface area contributed by atoms with Gasteiger partial charge in [0, 0.05) is 25.4 Å². The minimum atomic E-state index is -4.77. The van der Waals surface area contributed by atoms with E-state index in [4.69, 9.17) is 0 Å². The van der Waals surface area contributed by atoms with E-state index in [1.165, 1.54) is 24.0 Å². The summed E-state index contributed by atoms with van der Waals surface area (Å²) in [6, 6.07) is 0.320. The Morgan fingerprint density at radius 2 is 2.00 bits per heavy atom. The predicted octanol–water partition coefficient (Wildman–Crippen LogP) is 2.66. The van der Waals surface area contributed by atoms with Gasteiger partial charge in [-0.1, -0.05) is 6.92 Å². The van der Waals surface area contributed by atoms with Crippen molar-refractivity contribution < 1.29 is 31.5 Å². The SMILES string of the molecule is CC[C@H](NC(=O)c1cn(-c2ncc(F)cc2F)c2nc(N3CCNC3=O)ccc2c1=O)C(F)(F)F. The highest BCUT2D eigenvalue weighted by atomic mass is 19.4. The number of urea groups is 1. The summed E-state index contributed by atoms with van der Waals surface area (Å²) in [5.41, 5.74) is -1.96. The molecule has 0 spiro atoms. The molecule has 1 aliphatic heterocycles. The first-order valence-electron chi connectivity index (χ1n) is 10.3. The Balaban J connectivity index is 1.93. The standard InChI is InChI=1S/C21H17F5N6O3/c1-2-14(21(24,25)26)29-19(34)12-9-32(18-13(23)7-10(22)8-28-18)17-11(16(12)33)3-4-15(30-17)31-6-5-27-20(31)35/h3-4,7-9,14H,2,5-6H2,1H3,(H,27,35)(H,29,34)/t14-/m0/s1. The molecule has 2 N–H and O–H groups in total. The lowest BCUT2D eigenvalue weighted by Crippen LogP contribution is -2.46. The van der Waals surface area contributed by atoms with E-state index < -0.39 is 59.0 Å². The minimum absolute atomic E-state index is 0.0866. The van der Waals surface area contributed by atoms with Gasteiger partial charge in [0.2, 0.25) is 5.43 Å². The average Bonchev–Trinajstić information content (AvgIpc) is 3.23. The lowest BCUT2D eigenvalue weighted by atomic mass is 10.1. The number of hydrogen-bond acceptors (Lipinski definition) is 5. The van der Waals surface area contributed by atoms with E-state index in [0.29, 0.717) is 18.8 Å². The maximum absolute atomic E-state index is 14.6. The van der Waals surface area contributed by atoms with Gasteiger partial charge in [-0.2, -0.15) is 13.2 Å². The monoisotopic (exact) mass is 496 g/mol. The number of halogens is 5. The van der Waals surface area contributed by atoms with Crippen LogP contribution in [0.4, 0.5) is 32.6 Å². The number of alkyl halides is 3. The Morgan fingerprint density at radius 1 is 1.26 bits per heavy atom. The zero-order valence-electron chi connectivity index (χ0n) is 18.0. The zero-order valence-corrected chi connectivity index (χ0v) is 18.0. The zero-order chi connectivity index (χ0) is 25.5. The molecule has 1 saturated heterocycles. The third-order valence-electron chi connectivity index (χ3n) is 5.34. The van der Waals surface area contributed by atoms with Gasteiger partial charge in [-0.05, 0) is 18.6 Å². The van der Waals surface area contributed by atoms with Crippen molar-refractivity contribution in [2.24, 2.45) is 0 Å². The number of pyridine rings is 3. The Bertz CT molecular complexity index is 1390. The van der Waals surface area contributed by atoms with Gasteiger partial charge in [-0.25, -0.2) is 23.5 Å². The van der Waals surface area contributed by atoms with E-state index in [2.05, 4.69) is 15.3 Å². The summed E-state index contributed by atoms with van der Waals surface area (Å²) in [6.45, 7) is 1.78. The summed E-state index contributed by atoms with van der Waals surface area (Å²) >= 11 is 0. The molecule has 0 aliphatic carbocycles. The van der Waals surface area contributed by atoms with Crippen LogP contribution in [0, 0.1) is 11.6 Å². The highest BCUT2D eigenvalue weighted by Gasteiger charge is 2.39. The number of carbonyl (C=O) groups excluding carboxylic acids is 2. The predicted molar refractivity (Wildman–Crippen MR) is 113 cm³/mol. The molecular weight excluding hydrogens is 479 g/mol. The second-order valence-corrected chi connectivity index (χ2v) is 7.60. The van der Waals surface area contributed by atoms with Crippen LogP contribution in [0.1, 0.15) is 23.7 Å². The second-order valence-electron chi connectivity index (χ2n) is 7.60. The van der Waals surface area contributed by atoms with Gasteiger partial charge < -0.3 is 10.6 Å². The van der Waals surface area contributed by atoms with Crippen molar-refractivity contribution in [3.63, 3.8) is 0 Å². The van der Waals surface area contributed by atoms with Crippen LogP contribution >= 0.6 is 0 Å². The number of hydrogen-bond donors (Lipinski definition) is 2. The second kappa shape index (κ2) is 8.92. The van der Waals surface area contributed by atoms with Gasteiger partial charge >= 0.3 is 12.2 Å².